The number of ether oxygens (including phenoxy) is 1. The van der Waals surface area contributed by atoms with Crippen molar-refractivity contribution in [2.75, 3.05) is 26.3 Å². The monoisotopic (exact) mass is 256 g/mol. The molecule has 1 rings (SSSR count). The van der Waals surface area contributed by atoms with Crippen LogP contribution in [-0.4, -0.2) is 42.8 Å². The third kappa shape index (κ3) is 3.94. The second kappa shape index (κ2) is 8.13. The SMILES string of the molecule is CCCCN(C(C)CC)C1(CN)CCCOCC1. The van der Waals surface area contributed by atoms with E-state index in [0.29, 0.717) is 6.04 Å². The molecule has 1 fully saturated rings. The molecule has 0 radical (unpaired) electrons. The van der Waals surface area contributed by atoms with E-state index < -0.39 is 0 Å². The van der Waals surface area contributed by atoms with Crippen molar-refractivity contribution in [2.24, 2.45) is 5.73 Å². The second-order valence-corrected chi connectivity index (χ2v) is 5.70. The van der Waals surface area contributed by atoms with Crippen molar-refractivity contribution < 1.29 is 4.74 Å². The minimum atomic E-state index is 0.182. The van der Waals surface area contributed by atoms with Crippen LogP contribution in [0.4, 0.5) is 0 Å². The Morgan fingerprint density at radius 3 is 2.67 bits per heavy atom. The van der Waals surface area contributed by atoms with Crippen LogP contribution < -0.4 is 5.73 Å². The summed E-state index contributed by atoms with van der Waals surface area (Å²) in [5.41, 5.74) is 6.36. The molecule has 0 aromatic rings. The van der Waals surface area contributed by atoms with Gasteiger partial charge in [0.15, 0.2) is 0 Å². The predicted molar refractivity (Wildman–Crippen MR) is 77.8 cm³/mol. The average Bonchev–Trinajstić information content (AvgIpc) is 2.65. The third-order valence-electron chi connectivity index (χ3n) is 4.51. The van der Waals surface area contributed by atoms with E-state index in [4.69, 9.17) is 10.5 Å². The van der Waals surface area contributed by atoms with Gasteiger partial charge in [-0.2, -0.15) is 0 Å². The van der Waals surface area contributed by atoms with Gasteiger partial charge in [0.25, 0.3) is 0 Å². The minimum Gasteiger partial charge on any atom is -0.381 e. The molecule has 0 aromatic heterocycles. The van der Waals surface area contributed by atoms with Crippen molar-refractivity contribution in [3.05, 3.63) is 0 Å². The molecule has 1 heterocycles. The summed E-state index contributed by atoms with van der Waals surface area (Å²) in [5.74, 6) is 0. The topological polar surface area (TPSA) is 38.5 Å². The van der Waals surface area contributed by atoms with E-state index in [1.165, 1.54) is 32.2 Å². The van der Waals surface area contributed by atoms with E-state index in [1.54, 1.807) is 0 Å². The molecular weight excluding hydrogens is 224 g/mol. The molecule has 2 unspecified atom stereocenters. The lowest BCUT2D eigenvalue weighted by Gasteiger charge is -2.46. The molecule has 0 spiro atoms. The van der Waals surface area contributed by atoms with Crippen LogP contribution in [0.25, 0.3) is 0 Å². The molecule has 1 aliphatic rings. The summed E-state index contributed by atoms with van der Waals surface area (Å²) in [6, 6.07) is 0.623. The highest BCUT2D eigenvalue weighted by Crippen LogP contribution is 2.30. The van der Waals surface area contributed by atoms with Gasteiger partial charge < -0.3 is 10.5 Å². The van der Waals surface area contributed by atoms with E-state index in [1.807, 2.05) is 0 Å². The highest BCUT2D eigenvalue weighted by molar-refractivity contribution is 4.94. The zero-order chi connectivity index (χ0) is 13.4. The summed E-state index contributed by atoms with van der Waals surface area (Å²) < 4.78 is 5.64. The summed E-state index contributed by atoms with van der Waals surface area (Å²) in [6.07, 6.45) is 7.16. The van der Waals surface area contributed by atoms with Crippen molar-refractivity contribution in [1.82, 2.24) is 4.90 Å². The Kier molecular flexibility index (Phi) is 7.20. The van der Waals surface area contributed by atoms with Gasteiger partial charge in [-0.1, -0.05) is 20.3 Å². The lowest BCUT2D eigenvalue weighted by Crippen LogP contribution is -2.57. The maximum Gasteiger partial charge on any atom is 0.0484 e. The first-order chi connectivity index (χ1) is 8.70. The molecule has 0 aromatic carbocycles. The molecule has 0 aliphatic carbocycles. The summed E-state index contributed by atoms with van der Waals surface area (Å²) in [7, 11) is 0. The van der Waals surface area contributed by atoms with Gasteiger partial charge in [-0.05, 0) is 45.6 Å². The van der Waals surface area contributed by atoms with Crippen LogP contribution in [0.1, 0.15) is 59.3 Å². The van der Waals surface area contributed by atoms with Crippen LogP contribution in [0.3, 0.4) is 0 Å². The second-order valence-electron chi connectivity index (χ2n) is 5.70. The summed E-state index contributed by atoms with van der Waals surface area (Å²) in [4.78, 5) is 2.69. The van der Waals surface area contributed by atoms with Gasteiger partial charge in [-0.25, -0.2) is 0 Å². The van der Waals surface area contributed by atoms with Gasteiger partial charge in [0, 0.05) is 31.3 Å². The lowest BCUT2D eigenvalue weighted by atomic mass is 9.86. The van der Waals surface area contributed by atoms with Gasteiger partial charge in [0.05, 0.1) is 0 Å². The molecule has 0 amide bonds. The van der Waals surface area contributed by atoms with Gasteiger partial charge in [-0.15, -0.1) is 0 Å². The van der Waals surface area contributed by atoms with Crippen LogP contribution in [0.5, 0.6) is 0 Å². The quantitative estimate of drug-likeness (QED) is 0.761. The number of nitrogens with zero attached hydrogens (tertiary/aromatic N) is 1. The molecule has 3 heteroatoms. The summed E-state index contributed by atoms with van der Waals surface area (Å²) in [6.45, 7) is 10.6. The van der Waals surface area contributed by atoms with Crippen LogP contribution in [0.15, 0.2) is 0 Å². The summed E-state index contributed by atoms with van der Waals surface area (Å²) in [5, 5.41) is 0. The molecule has 3 nitrogen and oxygen atoms in total. The molecule has 2 N–H and O–H groups in total. The van der Waals surface area contributed by atoms with Crippen molar-refractivity contribution >= 4 is 0 Å². The standard InChI is InChI=1S/C15H32N2O/c1-4-6-10-17(14(3)5-2)15(13-16)8-7-11-18-12-9-15/h14H,4-13,16H2,1-3H3. The fourth-order valence-electron chi connectivity index (χ4n) is 3.08. The van der Waals surface area contributed by atoms with Crippen molar-refractivity contribution in [2.45, 2.75) is 70.9 Å². The van der Waals surface area contributed by atoms with Gasteiger partial charge in [0.2, 0.25) is 0 Å². The normalized spacial score (nSPS) is 27.2. The Morgan fingerprint density at radius 2 is 2.06 bits per heavy atom. The Labute approximate surface area is 113 Å². The Balaban J connectivity index is 2.81. The van der Waals surface area contributed by atoms with Crippen LogP contribution in [0.2, 0.25) is 0 Å². The van der Waals surface area contributed by atoms with Crippen LogP contribution in [0, 0.1) is 0 Å². The smallest absolute Gasteiger partial charge is 0.0484 e. The number of rotatable bonds is 7. The minimum absolute atomic E-state index is 0.182. The first-order valence-corrected chi connectivity index (χ1v) is 7.74. The average molecular weight is 256 g/mol. The largest absolute Gasteiger partial charge is 0.381 e. The van der Waals surface area contributed by atoms with E-state index >= 15 is 0 Å². The third-order valence-corrected chi connectivity index (χ3v) is 4.51. The van der Waals surface area contributed by atoms with Crippen molar-refractivity contribution in [3.8, 4) is 0 Å². The maximum absolute atomic E-state index is 6.18. The highest BCUT2D eigenvalue weighted by atomic mass is 16.5. The van der Waals surface area contributed by atoms with Crippen molar-refractivity contribution in [3.63, 3.8) is 0 Å². The molecule has 0 bridgehead atoms. The predicted octanol–water partition coefficient (Wildman–Crippen LogP) is 2.79. The molecular formula is C15H32N2O. The van der Waals surface area contributed by atoms with E-state index in [-0.39, 0.29) is 5.54 Å². The number of unbranched alkanes of at least 4 members (excludes halogenated alkanes) is 1. The molecule has 108 valence electrons. The molecule has 1 saturated heterocycles. The van der Waals surface area contributed by atoms with Gasteiger partial charge in [-0.3, -0.25) is 4.90 Å². The molecule has 0 saturated carbocycles. The first-order valence-electron chi connectivity index (χ1n) is 7.74. The van der Waals surface area contributed by atoms with E-state index in [9.17, 15) is 0 Å². The highest BCUT2D eigenvalue weighted by Gasteiger charge is 2.37. The maximum atomic E-state index is 6.18. The molecule has 18 heavy (non-hydrogen) atoms. The lowest BCUT2D eigenvalue weighted by molar-refractivity contribution is 0.0323. The van der Waals surface area contributed by atoms with Crippen LogP contribution >= 0.6 is 0 Å². The van der Waals surface area contributed by atoms with Gasteiger partial charge >= 0.3 is 0 Å². The number of hydrogen-bond donors (Lipinski definition) is 1. The fourth-order valence-corrected chi connectivity index (χ4v) is 3.08. The van der Waals surface area contributed by atoms with Crippen LogP contribution in [-0.2, 0) is 4.74 Å². The molecule has 1 aliphatic heterocycles. The summed E-state index contributed by atoms with van der Waals surface area (Å²) >= 11 is 0. The van der Waals surface area contributed by atoms with Gasteiger partial charge in [0.1, 0.15) is 0 Å². The van der Waals surface area contributed by atoms with E-state index in [0.717, 1.165) is 32.6 Å². The Hall–Kier alpha value is -0.120. The van der Waals surface area contributed by atoms with Crippen molar-refractivity contribution in [1.29, 1.82) is 0 Å². The Bertz CT molecular complexity index is 213. The Morgan fingerprint density at radius 1 is 1.28 bits per heavy atom. The zero-order valence-corrected chi connectivity index (χ0v) is 12.6. The fraction of sp³-hybridized carbons (Fsp3) is 1.00. The number of hydrogen-bond acceptors (Lipinski definition) is 3. The number of nitrogens with two attached hydrogens (primary N) is 1. The first kappa shape index (κ1) is 15.9. The zero-order valence-electron chi connectivity index (χ0n) is 12.6. The van der Waals surface area contributed by atoms with E-state index in [2.05, 4.69) is 25.7 Å². The molecule has 2 atom stereocenters.